The Kier molecular flexibility index (Phi) is 4.33. The first kappa shape index (κ1) is 13.0. The highest BCUT2D eigenvalue weighted by molar-refractivity contribution is 6.30. The molecule has 0 aliphatic carbocycles. The van der Waals surface area contributed by atoms with E-state index < -0.39 is 11.5 Å². The van der Waals surface area contributed by atoms with Gasteiger partial charge in [-0.2, -0.15) is 0 Å². The molecule has 1 aromatic carbocycles. The number of benzene rings is 1. The van der Waals surface area contributed by atoms with Crippen molar-refractivity contribution in [3.63, 3.8) is 0 Å². The van der Waals surface area contributed by atoms with Crippen LogP contribution in [0.25, 0.3) is 0 Å². The van der Waals surface area contributed by atoms with Gasteiger partial charge in [0, 0.05) is 5.02 Å². The minimum atomic E-state index is -1.04. The van der Waals surface area contributed by atoms with Crippen molar-refractivity contribution in [1.82, 2.24) is 5.32 Å². The van der Waals surface area contributed by atoms with Gasteiger partial charge in [0.05, 0.1) is 0 Å². The largest absolute Gasteiger partial charge is 0.480 e. The topological polar surface area (TPSA) is 49.3 Å². The molecule has 4 heteroatoms. The first-order chi connectivity index (χ1) is 7.56. The summed E-state index contributed by atoms with van der Waals surface area (Å²) >= 11 is 5.89. The fraction of sp³-hybridized carbons (Fsp3) is 0.417. The Morgan fingerprint density at radius 2 is 2.19 bits per heavy atom. The average Bonchev–Trinajstić information content (AvgIpc) is 2.25. The molecule has 0 aliphatic heterocycles. The maximum absolute atomic E-state index is 11.4. The summed E-state index contributed by atoms with van der Waals surface area (Å²) < 4.78 is 0. The van der Waals surface area contributed by atoms with Crippen molar-refractivity contribution in [2.45, 2.75) is 25.8 Å². The van der Waals surface area contributed by atoms with E-state index in [-0.39, 0.29) is 0 Å². The minimum absolute atomic E-state index is 0.469. The van der Waals surface area contributed by atoms with E-state index in [0.29, 0.717) is 23.6 Å². The van der Waals surface area contributed by atoms with Crippen LogP contribution in [0.2, 0.25) is 5.02 Å². The summed E-state index contributed by atoms with van der Waals surface area (Å²) in [7, 11) is 0. The van der Waals surface area contributed by atoms with Crippen LogP contribution in [-0.4, -0.2) is 17.6 Å². The minimum Gasteiger partial charge on any atom is -0.480 e. The van der Waals surface area contributed by atoms with E-state index in [1.54, 1.807) is 24.3 Å². The molecular formula is C12H16ClNO2. The van der Waals surface area contributed by atoms with Crippen molar-refractivity contribution in [2.24, 2.45) is 0 Å². The maximum Gasteiger partial charge on any atom is 0.328 e. The fourth-order valence-corrected chi connectivity index (χ4v) is 2.03. The van der Waals surface area contributed by atoms with Crippen LogP contribution in [0.1, 0.15) is 25.8 Å². The highest BCUT2D eigenvalue weighted by Gasteiger charge is 2.37. The van der Waals surface area contributed by atoms with Crippen LogP contribution in [0, 0.1) is 0 Å². The summed E-state index contributed by atoms with van der Waals surface area (Å²) in [4.78, 5) is 11.4. The van der Waals surface area contributed by atoms with Crippen LogP contribution in [0.3, 0.4) is 0 Å². The van der Waals surface area contributed by atoms with Gasteiger partial charge in [-0.05, 0) is 30.7 Å². The number of hydrogen-bond acceptors (Lipinski definition) is 2. The van der Waals surface area contributed by atoms with Crippen LogP contribution in [0.15, 0.2) is 24.3 Å². The van der Waals surface area contributed by atoms with E-state index in [0.717, 1.165) is 0 Å². The van der Waals surface area contributed by atoms with Gasteiger partial charge in [0.15, 0.2) is 0 Å². The lowest BCUT2D eigenvalue weighted by molar-refractivity contribution is -0.145. The van der Waals surface area contributed by atoms with E-state index in [1.807, 2.05) is 13.8 Å². The van der Waals surface area contributed by atoms with Crippen molar-refractivity contribution in [1.29, 1.82) is 0 Å². The summed E-state index contributed by atoms with van der Waals surface area (Å²) in [6, 6.07) is 6.98. The van der Waals surface area contributed by atoms with Gasteiger partial charge in [-0.25, -0.2) is 4.79 Å². The molecule has 0 fully saturated rings. The molecule has 0 aromatic heterocycles. The summed E-state index contributed by atoms with van der Waals surface area (Å²) in [6.45, 7) is 4.32. The molecule has 0 saturated heterocycles. The molecule has 0 amide bonds. The molecule has 0 heterocycles. The number of hydrogen-bond donors (Lipinski definition) is 2. The fourth-order valence-electron chi connectivity index (χ4n) is 1.84. The highest BCUT2D eigenvalue weighted by atomic mass is 35.5. The van der Waals surface area contributed by atoms with Gasteiger partial charge in [-0.15, -0.1) is 0 Å². The molecule has 1 atom stereocenters. The van der Waals surface area contributed by atoms with Gasteiger partial charge in [-0.3, -0.25) is 5.32 Å². The number of nitrogens with one attached hydrogen (secondary N) is 1. The molecule has 2 N–H and O–H groups in total. The van der Waals surface area contributed by atoms with E-state index in [9.17, 15) is 9.90 Å². The average molecular weight is 242 g/mol. The van der Waals surface area contributed by atoms with Crippen LogP contribution in [0.5, 0.6) is 0 Å². The van der Waals surface area contributed by atoms with E-state index in [1.165, 1.54) is 0 Å². The third kappa shape index (κ3) is 2.36. The summed E-state index contributed by atoms with van der Waals surface area (Å²) in [5.74, 6) is -0.876. The Morgan fingerprint density at radius 1 is 1.50 bits per heavy atom. The van der Waals surface area contributed by atoms with Crippen molar-refractivity contribution in [3.05, 3.63) is 34.9 Å². The van der Waals surface area contributed by atoms with E-state index in [4.69, 9.17) is 11.6 Å². The monoisotopic (exact) mass is 241 g/mol. The van der Waals surface area contributed by atoms with Crippen LogP contribution >= 0.6 is 11.6 Å². The summed E-state index contributed by atoms with van der Waals surface area (Å²) in [5, 5.41) is 13.0. The highest BCUT2D eigenvalue weighted by Crippen LogP contribution is 2.27. The van der Waals surface area contributed by atoms with Crippen LogP contribution in [-0.2, 0) is 10.3 Å². The van der Waals surface area contributed by atoms with Crippen molar-refractivity contribution >= 4 is 17.6 Å². The number of carboxylic acid groups (broad SMARTS) is 1. The van der Waals surface area contributed by atoms with Gasteiger partial charge >= 0.3 is 5.97 Å². The van der Waals surface area contributed by atoms with E-state index >= 15 is 0 Å². The number of carboxylic acids is 1. The number of likely N-dealkylation sites (N-methyl/N-ethyl adjacent to an activating group) is 1. The van der Waals surface area contributed by atoms with Gasteiger partial charge in [-0.1, -0.05) is 37.6 Å². The molecule has 0 radical (unpaired) electrons. The first-order valence-electron chi connectivity index (χ1n) is 5.31. The second-order valence-corrected chi connectivity index (χ2v) is 4.04. The molecule has 1 unspecified atom stereocenters. The van der Waals surface area contributed by atoms with Gasteiger partial charge in [0.2, 0.25) is 0 Å². The van der Waals surface area contributed by atoms with Crippen molar-refractivity contribution in [2.75, 3.05) is 6.54 Å². The first-order valence-corrected chi connectivity index (χ1v) is 5.69. The third-order valence-electron chi connectivity index (χ3n) is 2.69. The van der Waals surface area contributed by atoms with Crippen molar-refractivity contribution in [3.8, 4) is 0 Å². The summed E-state index contributed by atoms with van der Waals surface area (Å²) in [6.07, 6.45) is 0.469. The lowest BCUT2D eigenvalue weighted by Crippen LogP contribution is -2.48. The lowest BCUT2D eigenvalue weighted by Gasteiger charge is -2.29. The number of aliphatic carboxylic acids is 1. The maximum atomic E-state index is 11.4. The zero-order valence-corrected chi connectivity index (χ0v) is 10.2. The van der Waals surface area contributed by atoms with Gasteiger partial charge < -0.3 is 5.11 Å². The molecule has 0 spiro atoms. The molecule has 0 bridgehead atoms. The van der Waals surface area contributed by atoms with Crippen LogP contribution in [0.4, 0.5) is 0 Å². The molecule has 88 valence electrons. The zero-order chi connectivity index (χ0) is 12.2. The SMILES string of the molecule is CCNC(CC)(C(=O)O)c1cccc(Cl)c1. The quantitative estimate of drug-likeness (QED) is 0.833. The third-order valence-corrected chi connectivity index (χ3v) is 2.93. The Balaban J connectivity index is 3.24. The molecular weight excluding hydrogens is 226 g/mol. The Hall–Kier alpha value is -1.06. The normalized spacial score (nSPS) is 14.4. The smallest absolute Gasteiger partial charge is 0.328 e. The molecule has 3 nitrogen and oxygen atoms in total. The summed E-state index contributed by atoms with van der Waals surface area (Å²) in [5.41, 5.74) is -0.350. The second-order valence-electron chi connectivity index (χ2n) is 3.60. The zero-order valence-electron chi connectivity index (χ0n) is 9.46. The second kappa shape index (κ2) is 5.32. The van der Waals surface area contributed by atoms with Crippen LogP contribution < -0.4 is 5.32 Å². The standard InChI is InChI=1S/C12H16ClNO2/c1-3-12(11(15)16,14-4-2)9-6-5-7-10(13)8-9/h5-8,14H,3-4H2,1-2H3,(H,15,16). The molecule has 0 aliphatic rings. The van der Waals surface area contributed by atoms with Gasteiger partial charge in [0.1, 0.15) is 5.54 Å². The predicted octanol–water partition coefficient (Wildman–Crippen LogP) is 2.64. The van der Waals surface area contributed by atoms with E-state index in [2.05, 4.69) is 5.32 Å². The van der Waals surface area contributed by atoms with Crippen molar-refractivity contribution < 1.29 is 9.90 Å². The molecule has 0 saturated carbocycles. The Morgan fingerprint density at radius 3 is 2.62 bits per heavy atom. The molecule has 1 rings (SSSR count). The number of rotatable bonds is 5. The lowest BCUT2D eigenvalue weighted by atomic mass is 9.87. The van der Waals surface area contributed by atoms with Gasteiger partial charge in [0.25, 0.3) is 0 Å². The number of carbonyl (C=O) groups is 1. The number of halogens is 1. The predicted molar refractivity (Wildman–Crippen MR) is 64.7 cm³/mol. The Bertz CT molecular complexity index is 381. The molecule has 1 aromatic rings. The molecule has 16 heavy (non-hydrogen) atoms. The Labute approximate surface area is 100 Å².